The molecule has 0 amide bonds. The molecule has 0 fully saturated rings. The molecule has 0 spiro atoms. The van der Waals surface area contributed by atoms with E-state index in [-0.39, 0.29) is 24.6 Å². The van der Waals surface area contributed by atoms with Gasteiger partial charge in [0.2, 0.25) is 0 Å². The van der Waals surface area contributed by atoms with Crippen molar-refractivity contribution >= 4 is 17.3 Å². The average Bonchev–Trinajstić information content (AvgIpc) is 3.27. The summed E-state index contributed by atoms with van der Waals surface area (Å²) >= 11 is 1.45. The fourth-order valence-electron chi connectivity index (χ4n) is 3.46. The monoisotopic (exact) mass is 467 g/mol. The predicted octanol–water partition coefficient (Wildman–Crippen LogP) is 4.07. The number of aryl methyl sites for hydroxylation is 1. The van der Waals surface area contributed by atoms with E-state index >= 15 is 0 Å². The number of carbonyl (C=O) groups is 1. The van der Waals surface area contributed by atoms with Crippen LogP contribution in [0.1, 0.15) is 41.4 Å². The summed E-state index contributed by atoms with van der Waals surface area (Å²) in [5.74, 6) is 0.921. The number of pyridine rings is 1. The molecule has 0 bridgehead atoms. The van der Waals surface area contributed by atoms with E-state index in [0.29, 0.717) is 41.5 Å². The average molecular weight is 468 g/mol. The quantitative estimate of drug-likeness (QED) is 0.472. The first-order valence-electron chi connectivity index (χ1n) is 10.4. The number of H-pyrrole nitrogens is 1. The minimum atomic E-state index is -0.414. The van der Waals surface area contributed by atoms with Gasteiger partial charge >= 0.3 is 5.97 Å². The SMILES string of the molecule is CCOc1ccc(-c2nc(COC(=O)CCc3c(C)[nH]c(=O)c(C#N)c3C)cs2)cc1OC. The molecule has 2 aromatic heterocycles. The molecule has 0 atom stereocenters. The van der Waals surface area contributed by atoms with E-state index in [1.54, 1.807) is 21.0 Å². The molecule has 0 aliphatic heterocycles. The van der Waals surface area contributed by atoms with Gasteiger partial charge in [-0.25, -0.2) is 4.98 Å². The van der Waals surface area contributed by atoms with Crippen LogP contribution in [0.5, 0.6) is 11.5 Å². The third-order valence-electron chi connectivity index (χ3n) is 5.14. The Morgan fingerprint density at radius 2 is 2.06 bits per heavy atom. The van der Waals surface area contributed by atoms with Gasteiger partial charge in [0, 0.05) is 23.1 Å². The largest absolute Gasteiger partial charge is 0.493 e. The van der Waals surface area contributed by atoms with Crippen LogP contribution in [-0.2, 0) is 22.6 Å². The zero-order valence-corrected chi connectivity index (χ0v) is 19.8. The highest BCUT2D eigenvalue weighted by Crippen LogP contribution is 2.33. The fourth-order valence-corrected chi connectivity index (χ4v) is 4.26. The molecule has 1 N–H and O–H groups in total. The lowest BCUT2D eigenvalue weighted by molar-refractivity contribution is -0.145. The molecule has 3 rings (SSSR count). The molecule has 8 nitrogen and oxygen atoms in total. The van der Waals surface area contributed by atoms with Gasteiger partial charge in [-0.1, -0.05) is 0 Å². The second kappa shape index (κ2) is 10.8. The predicted molar refractivity (Wildman–Crippen MR) is 125 cm³/mol. The summed E-state index contributed by atoms with van der Waals surface area (Å²) in [6.07, 6.45) is 0.502. The number of nitrogens with zero attached hydrogens (tertiary/aromatic N) is 2. The summed E-state index contributed by atoms with van der Waals surface area (Å²) in [5.41, 5.74) is 3.23. The van der Waals surface area contributed by atoms with Crippen molar-refractivity contribution in [3.8, 4) is 28.1 Å². The molecule has 0 unspecified atom stereocenters. The number of aromatic nitrogens is 2. The molecule has 2 heterocycles. The van der Waals surface area contributed by atoms with Crippen molar-refractivity contribution < 1.29 is 19.0 Å². The van der Waals surface area contributed by atoms with Crippen LogP contribution < -0.4 is 15.0 Å². The summed E-state index contributed by atoms with van der Waals surface area (Å²) in [7, 11) is 1.59. The molecule has 0 saturated heterocycles. The lowest BCUT2D eigenvalue weighted by atomic mass is 9.99. The number of hydrogen-bond donors (Lipinski definition) is 1. The number of rotatable bonds is 9. The van der Waals surface area contributed by atoms with Crippen molar-refractivity contribution in [3.05, 3.63) is 62.0 Å². The first kappa shape index (κ1) is 24.0. The highest BCUT2D eigenvalue weighted by Gasteiger charge is 2.15. The normalized spacial score (nSPS) is 10.5. The van der Waals surface area contributed by atoms with Gasteiger partial charge in [0.25, 0.3) is 5.56 Å². The molecule has 3 aromatic rings. The molecule has 1 aromatic carbocycles. The molecule has 33 heavy (non-hydrogen) atoms. The van der Waals surface area contributed by atoms with Gasteiger partial charge in [-0.05, 0) is 56.5 Å². The van der Waals surface area contributed by atoms with Crippen LogP contribution >= 0.6 is 11.3 Å². The third kappa shape index (κ3) is 5.59. The maximum absolute atomic E-state index is 12.3. The van der Waals surface area contributed by atoms with Crippen LogP contribution in [0.4, 0.5) is 0 Å². The maximum atomic E-state index is 12.3. The van der Waals surface area contributed by atoms with Crippen molar-refractivity contribution in [2.45, 2.75) is 40.2 Å². The molecule has 0 saturated carbocycles. The summed E-state index contributed by atoms with van der Waals surface area (Å²) in [6, 6.07) is 7.53. The molecular formula is C24H25N3O5S. The van der Waals surface area contributed by atoms with Crippen LogP contribution in [0.15, 0.2) is 28.4 Å². The molecule has 0 radical (unpaired) electrons. The van der Waals surface area contributed by atoms with Gasteiger partial charge < -0.3 is 19.2 Å². The lowest BCUT2D eigenvalue weighted by Crippen LogP contribution is -2.17. The second-order valence-corrected chi connectivity index (χ2v) is 8.13. The van der Waals surface area contributed by atoms with Crippen molar-refractivity contribution in [1.29, 1.82) is 5.26 Å². The van der Waals surface area contributed by atoms with Crippen LogP contribution in [0, 0.1) is 25.2 Å². The number of benzene rings is 1. The Bertz CT molecular complexity index is 1260. The van der Waals surface area contributed by atoms with Gasteiger partial charge in [-0.3, -0.25) is 9.59 Å². The van der Waals surface area contributed by atoms with E-state index in [1.165, 1.54) is 11.3 Å². The molecular weight excluding hydrogens is 442 g/mol. The van der Waals surface area contributed by atoms with Gasteiger partial charge in [0.1, 0.15) is 23.2 Å². The van der Waals surface area contributed by atoms with Crippen LogP contribution in [0.25, 0.3) is 10.6 Å². The molecule has 172 valence electrons. The Morgan fingerprint density at radius 3 is 2.76 bits per heavy atom. The smallest absolute Gasteiger partial charge is 0.306 e. The summed E-state index contributed by atoms with van der Waals surface area (Å²) in [4.78, 5) is 31.3. The fraction of sp³-hybridized carbons (Fsp3) is 0.333. The molecule has 0 aliphatic carbocycles. The number of esters is 1. The van der Waals surface area contributed by atoms with E-state index in [0.717, 1.165) is 16.1 Å². The Morgan fingerprint density at radius 1 is 1.27 bits per heavy atom. The van der Waals surface area contributed by atoms with Crippen molar-refractivity contribution in [3.63, 3.8) is 0 Å². The Balaban J connectivity index is 1.61. The number of hydrogen-bond acceptors (Lipinski definition) is 8. The topological polar surface area (TPSA) is 114 Å². The summed E-state index contributed by atoms with van der Waals surface area (Å²) in [5, 5.41) is 11.8. The van der Waals surface area contributed by atoms with E-state index < -0.39 is 5.56 Å². The first-order chi connectivity index (χ1) is 15.9. The van der Waals surface area contributed by atoms with Gasteiger partial charge in [-0.2, -0.15) is 5.26 Å². The Kier molecular flexibility index (Phi) is 7.85. The third-order valence-corrected chi connectivity index (χ3v) is 6.08. The standard InChI is InChI=1S/C24H25N3O5S/c1-5-31-20-8-6-16(10-21(20)30-4)24-27-17(13-33-24)12-32-22(28)9-7-18-14(2)19(11-25)23(29)26-15(18)3/h6,8,10,13H,5,7,9,12H2,1-4H3,(H,26,29). The number of nitriles is 1. The van der Waals surface area contributed by atoms with E-state index in [4.69, 9.17) is 14.2 Å². The van der Waals surface area contributed by atoms with Crippen molar-refractivity contribution in [1.82, 2.24) is 9.97 Å². The number of nitrogens with one attached hydrogen (secondary N) is 1. The van der Waals surface area contributed by atoms with Gasteiger partial charge in [0.15, 0.2) is 11.5 Å². The van der Waals surface area contributed by atoms with Crippen LogP contribution in [-0.4, -0.2) is 29.7 Å². The van der Waals surface area contributed by atoms with E-state index in [2.05, 4.69) is 9.97 Å². The minimum absolute atomic E-state index is 0.0660. The second-order valence-electron chi connectivity index (χ2n) is 7.27. The zero-order valence-electron chi connectivity index (χ0n) is 19.0. The number of carbonyl (C=O) groups excluding carboxylic acids is 1. The molecule has 0 aliphatic rings. The van der Waals surface area contributed by atoms with Crippen LogP contribution in [0.2, 0.25) is 0 Å². The number of ether oxygens (including phenoxy) is 3. The van der Waals surface area contributed by atoms with Gasteiger partial charge in [-0.15, -0.1) is 11.3 Å². The van der Waals surface area contributed by atoms with E-state index in [1.807, 2.05) is 36.6 Å². The van der Waals surface area contributed by atoms with E-state index in [9.17, 15) is 14.9 Å². The van der Waals surface area contributed by atoms with Crippen molar-refractivity contribution in [2.75, 3.05) is 13.7 Å². The van der Waals surface area contributed by atoms with Gasteiger partial charge in [0.05, 0.1) is 19.4 Å². The number of thiazole rings is 1. The number of methoxy groups -OCH3 is 1. The van der Waals surface area contributed by atoms with Crippen LogP contribution in [0.3, 0.4) is 0 Å². The summed E-state index contributed by atoms with van der Waals surface area (Å²) in [6.45, 7) is 5.99. The van der Waals surface area contributed by atoms with Crippen molar-refractivity contribution in [2.24, 2.45) is 0 Å². The molecule has 9 heteroatoms. The zero-order chi connectivity index (χ0) is 24.0. The Labute approximate surface area is 195 Å². The highest BCUT2D eigenvalue weighted by atomic mass is 32.1. The summed E-state index contributed by atoms with van der Waals surface area (Å²) < 4.78 is 16.3. The maximum Gasteiger partial charge on any atom is 0.306 e. The minimum Gasteiger partial charge on any atom is -0.493 e. The first-order valence-corrected chi connectivity index (χ1v) is 11.3. The Hall–Kier alpha value is -3.64. The number of aromatic amines is 1. The highest BCUT2D eigenvalue weighted by molar-refractivity contribution is 7.13. The lowest BCUT2D eigenvalue weighted by Gasteiger charge is -2.10.